The Balaban J connectivity index is 1.72. The number of nitrogens with one attached hydrogen (secondary N) is 2. The van der Waals surface area contributed by atoms with E-state index in [9.17, 15) is 4.79 Å². The number of anilines is 3. The van der Waals surface area contributed by atoms with Crippen LogP contribution in [-0.2, 0) is 0 Å². The molecule has 2 N–H and O–H groups in total. The number of carbonyl (C=O) groups excluding carboxylic acids is 1. The molecule has 132 valence electrons. The molecule has 7 heteroatoms. The largest absolute Gasteiger partial charge is 0.495 e. The normalized spacial score (nSPS) is 10.1. The molecule has 0 aliphatic carbocycles. The molecule has 0 atom stereocenters. The Labute approximate surface area is 151 Å². The van der Waals surface area contributed by atoms with Crippen LogP contribution in [0.2, 0.25) is 0 Å². The van der Waals surface area contributed by atoms with Crippen molar-refractivity contribution in [3.05, 3.63) is 66.5 Å². The number of hydrogen-bond donors (Lipinski definition) is 2. The van der Waals surface area contributed by atoms with Crippen molar-refractivity contribution in [1.29, 1.82) is 0 Å². The quantitative estimate of drug-likeness (QED) is 0.708. The lowest BCUT2D eigenvalue weighted by Crippen LogP contribution is -2.13. The van der Waals surface area contributed by atoms with E-state index in [1.54, 1.807) is 26.4 Å². The number of rotatable bonds is 6. The Morgan fingerprint density at radius 3 is 2.00 bits per heavy atom. The molecule has 0 spiro atoms. The van der Waals surface area contributed by atoms with Gasteiger partial charge < -0.3 is 20.1 Å². The highest BCUT2D eigenvalue weighted by Gasteiger charge is 2.11. The van der Waals surface area contributed by atoms with Crippen molar-refractivity contribution >= 4 is 23.2 Å². The summed E-state index contributed by atoms with van der Waals surface area (Å²) >= 11 is 0. The fourth-order valence-electron chi connectivity index (χ4n) is 2.32. The van der Waals surface area contributed by atoms with E-state index >= 15 is 0 Å². The van der Waals surface area contributed by atoms with Gasteiger partial charge in [0.2, 0.25) is 5.95 Å². The van der Waals surface area contributed by atoms with Gasteiger partial charge in [0.25, 0.3) is 5.91 Å². The molecule has 0 saturated carbocycles. The van der Waals surface area contributed by atoms with Crippen LogP contribution in [-0.4, -0.2) is 30.1 Å². The van der Waals surface area contributed by atoms with E-state index in [1.807, 2.05) is 36.4 Å². The number of carbonyl (C=O) groups is 1. The second kappa shape index (κ2) is 7.98. The summed E-state index contributed by atoms with van der Waals surface area (Å²) in [6.45, 7) is 0. The SMILES string of the molecule is COc1ccccc1NC(=O)c1cnc(Nc2ccccc2OC)nc1. The highest BCUT2D eigenvalue weighted by Crippen LogP contribution is 2.26. The van der Waals surface area contributed by atoms with Crippen molar-refractivity contribution in [2.24, 2.45) is 0 Å². The number of aromatic nitrogens is 2. The minimum Gasteiger partial charge on any atom is -0.495 e. The van der Waals surface area contributed by atoms with Gasteiger partial charge in [0.15, 0.2) is 0 Å². The molecular weight excluding hydrogens is 332 g/mol. The van der Waals surface area contributed by atoms with Gasteiger partial charge in [0.05, 0.1) is 31.2 Å². The molecule has 2 aromatic carbocycles. The van der Waals surface area contributed by atoms with Crippen LogP contribution in [0.4, 0.5) is 17.3 Å². The van der Waals surface area contributed by atoms with E-state index in [4.69, 9.17) is 9.47 Å². The topological polar surface area (TPSA) is 85.4 Å². The van der Waals surface area contributed by atoms with Crippen LogP contribution in [0, 0.1) is 0 Å². The monoisotopic (exact) mass is 350 g/mol. The molecule has 0 fully saturated rings. The predicted octanol–water partition coefficient (Wildman–Crippen LogP) is 3.49. The first-order valence-corrected chi connectivity index (χ1v) is 7.87. The Morgan fingerprint density at radius 1 is 0.846 bits per heavy atom. The molecule has 0 aliphatic rings. The summed E-state index contributed by atoms with van der Waals surface area (Å²) in [6, 6.07) is 14.6. The molecule has 3 rings (SSSR count). The molecule has 26 heavy (non-hydrogen) atoms. The molecule has 0 radical (unpaired) electrons. The van der Waals surface area contributed by atoms with Gasteiger partial charge in [-0.15, -0.1) is 0 Å². The van der Waals surface area contributed by atoms with Crippen LogP contribution in [0.15, 0.2) is 60.9 Å². The molecular formula is C19H18N4O3. The van der Waals surface area contributed by atoms with E-state index < -0.39 is 0 Å². The summed E-state index contributed by atoms with van der Waals surface area (Å²) in [6.07, 6.45) is 2.91. The van der Waals surface area contributed by atoms with Crippen LogP contribution >= 0.6 is 0 Å². The smallest absolute Gasteiger partial charge is 0.258 e. The maximum Gasteiger partial charge on any atom is 0.258 e. The van der Waals surface area contributed by atoms with E-state index in [0.29, 0.717) is 28.7 Å². The average molecular weight is 350 g/mol. The minimum atomic E-state index is -0.321. The van der Waals surface area contributed by atoms with Crippen molar-refractivity contribution in [3.8, 4) is 11.5 Å². The number of amides is 1. The fourth-order valence-corrected chi connectivity index (χ4v) is 2.32. The molecule has 0 bridgehead atoms. The van der Waals surface area contributed by atoms with Crippen molar-refractivity contribution in [2.75, 3.05) is 24.9 Å². The summed E-state index contributed by atoms with van der Waals surface area (Å²) < 4.78 is 10.5. The van der Waals surface area contributed by atoms with E-state index in [-0.39, 0.29) is 5.91 Å². The first kappa shape index (κ1) is 17.2. The molecule has 1 aromatic heterocycles. The van der Waals surface area contributed by atoms with Gasteiger partial charge in [0, 0.05) is 12.4 Å². The maximum atomic E-state index is 12.4. The lowest BCUT2D eigenvalue weighted by molar-refractivity contribution is 0.102. The number of para-hydroxylation sites is 4. The summed E-state index contributed by atoms with van der Waals surface area (Å²) in [5, 5.41) is 5.84. The highest BCUT2D eigenvalue weighted by atomic mass is 16.5. The van der Waals surface area contributed by atoms with Crippen molar-refractivity contribution in [1.82, 2.24) is 9.97 Å². The van der Waals surface area contributed by atoms with Crippen molar-refractivity contribution < 1.29 is 14.3 Å². The average Bonchev–Trinajstić information content (AvgIpc) is 2.69. The summed E-state index contributed by atoms with van der Waals surface area (Å²) in [5.41, 5.74) is 1.65. The van der Waals surface area contributed by atoms with Gasteiger partial charge in [-0.2, -0.15) is 0 Å². The minimum absolute atomic E-state index is 0.321. The van der Waals surface area contributed by atoms with Gasteiger partial charge in [-0.3, -0.25) is 4.79 Å². The van der Waals surface area contributed by atoms with Gasteiger partial charge in [0.1, 0.15) is 11.5 Å². The zero-order valence-electron chi connectivity index (χ0n) is 14.4. The zero-order valence-corrected chi connectivity index (χ0v) is 14.4. The Bertz CT molecular complexity index is 897. The third-order valence-electron chi connectivity index (χ3n) is 3.62. The van der Waals surface area contributed by atoms with E-state index in [1.165, 1.54) is 12.4 Å². The van der Waals surface area contributed by atoms with Gasteiger partial charge >= 0.3 is 0 Å². The summed E-state index contributed by atoms with van der Waals surface area (Å²) in [5.74, 6) is 1.30. The van der Waals surface area contributed by atoms with Crippen LogP contribution < -0.4 is 20.1 Å². The molecule has 3 aromatic rings. The lowest BCUT2D eigenvalue weighted by atomic mass is 10.2. The number of hydrogen-bond acceptors (Lipinski definition) is 6. The van der Waals surface area contributed by atoms with Crippen molar-refractivity contribution in [2.45, 2.75) is 0 Å². The third kappa shape index (κ3) is 3.89. The van der Waals surface area contributed by atoms with Crippen LogP contribution in [0.3, 0.4) is 0 Å². The second-order valence-electron chi connectivity index (χ2n) is 5.28. The first-order chi connectivity index (χ1) is 12.7. The Kier molecular flexibility index (Phi) is 5.28. The van der Waals surface area contributed by atoms with Gasteiger partial charge in [-0.05, 0) is 24.3 Å². The first-order valence-electron chi connectivity index (χ1n) is 7.87. The molecule has 1 amide bonds. The molecule has 0 unspecified atom stereocenters. The van der Waals surface area contributed by atoms with Gasteiger partial charge in [-0.1, -0.05) is 24.3 Å². The van der Waals surface area contributed by atoms with Crippen molar-refractivity contribution in [3.63, 3.8) is 0 Å². The predicted molar refractivity (Wildman–Crippen MR) is 99.3 cm³/mol. The second-order valence-corrected chi connectivity index (χ2v) is 5.28. The number of nitrogens with zero attached hydrogens (tertiary/aromatic N) is 2. The number of ether oxygens (including phenoxy) is 2. The standard InChI is InChI=1S/C19H18N4O3/c1-25-16-9-5-3-7-14(16)22-18(24)13-11-20-19(21-12-13)23-15-8-4-6-10-17(15)26-2/h3-12H,1-2H3,(H,22,24)(H,20,21,23). The lowest BCUT2D eigenvalue weighted by Gasteiger charge is -2.11. The fraction of sp³-hybridized carbons (Fsp3) is 0.105. The number of benzene rings is 2. The van der Waals surface area contributed by atoms with Gasteiger partial charge in [-0.25, -0.2) is 9.97 Å². The summed E-state index contributed by atoms with van der Waals surface area (Å²) in [7, 11) is 3.14. The van der Waals surface area contributed by atoms with Crippen LogP contribution in [0.5, 0.6) is 11.5 Å². The van der Waals surface area contributed by atoms with E-state index in [0.717, 1.165) is 5.69 Å². The Hall–Kier alpha value is -3.61. The molecule has 0 saturated heterocycles. The molecule has 0 aliphatic heterocycles. The highest BCUT2D eigenvalue weighted by molar-refractivity contribution is 6.04. The van der Waals surface area contributed by atoms with E-state index in [2.05, 4.69) is 20.6 Å². The molecule has 7 nitrogen and oxygen atoms in total. The third-order valence-corrected chi connectivity index (χ3v) is 3.62. The van der Waals surface area contributed by atoms with Crippen LogP contribution in [0.1, 0.15) is 10.4 Å². The van der Waals surface area contributed by atoms with Crippen LogP contribution in [0.25, 0.3) is 0 Å². The number of methoxy groups -OCH3 is 2. The maximum absolute atomic E-state index is 12.4. The zero-order chi connectivity index (χ0) is 18.4. The Morgan fingerprint density at radius 2 is 1.38 bits per heavy atom. The molecule has 1 heterocycles. The summed E-state index contributed by atoms with van der Waals surface area (Å²) in [4.78, 5) is 20.7.